The molecule has 0 spiro atoms. The molecular formula is C68H77BN4O. The van der Waals surface area contributed by atoms with Gasteiger partial charge in [0.05, 0.1) is 28.2 Å². The third kappa shape index (κ3) is 10.0. The Bertz CT molecular complexity index is 3360. The van der Waals surface area contributed by atoms with E-state index in [-0.39, 0.29) is 39.2 Å². The van der Waals surface area contributed by atoms with Gasteiger partial charge >= 0.3 is 6.85 Å². The Morgan fingerprint density at radius 3 is 1.68 bits per heavy atom. The minimum Gasteiger partial charge on any atom is -0.507 e. The maximum Gasteiger partial charge on any atom is 0.350 e. The summed E-state index contributed by atoms with van der Waals surface area (Å²) in [5.41, 5.74) is 18.6. The molecule has 0 unspecified atom stereocenters. The minimum absolute atomic E-state index is 0.102. The lowest BCUT2D eigenvalue weighted by atomic mass is 9.49. The molecule has 0 fully saturated rings. The first-order valence-corrected chi connectivity index (χ1v) is 26.8. The number of para-hydroxylation sites is 1. The summed E-state index contributed by atoms with van der Waals surface area (Å²) in [6.07, 6.45) is 6.54. The molecule has 74 heavy (non-hydrogen) atoms. The summed E-state index contributed by atoms with van der Waals surface area (Å²) in [5, 5.41) is 12.9. The van der Waals surface area contributed by atoms with Gasteiger partial charge < -0.3 is 9.92 Å². The molecule has 0 amide bonds. The smallest absolute Gasteiger partial charge is 0.350 e. The van der Waals surface area contributed by atoms with Crippen molar-refractivity contribution in [3.63, 3.8) is 0 Å². The predicted octanol–water partition coefficient (Wildman–Crippen LogP) is 16.7. The molecule has 378 valence electrons. The third-order valence-electron chi connectivity index (χ3n) is 15.0. The molecule has 1 N–H and O–H groups in total. The SMILES string of the molecule is CC(C)c1cccc(C(C)C)c1N1C=Cc2c(nc(-c3cc(C(C)(C)C)cc(C(C)(C)C)c3O)n2-c2ccc(C(C)(C)C)cc2-c2ccccc2)B1c1cc(-c2cc(-c3ccccc3)ccn2)cc(C(C)(C)C)c1. The number of pyridine rings is 1. The lowest BCUT2D eigenvalue weighted by molar-refractivity contribution is 0.446. The summed E-state index contributed by atoms with van der Waals surface area (Å²) in [6.45, 7) is 35.9. The first-order valence-electron chi connectivity index (χ1n) is 26.8. The molecule has 1 aliphatic rings. The zero-order chi connectivity index (χ0) is 53.2. The predicted molar refractivity (Wildman–Crippen MR) is 317 cm³/mol. The van der Waals surface area contributed by atoms with Crippen LogP contribution < -0.4 is 15.9 Å². The quantitative estimate of drug-likeness (QED) is 0.146. The van der Waals surface area contributed by atoms with Gasteiger partial charge in [0, 0.05) is 23.0 Å². The molecule has 5 nitrogen and oxygen atoms in total. The molecule has 0 saturated heterocycles. The summed E-state index contributed by atoms with van der Waals surface area (Å²) < 4.78 is 2.36. The van der Waals surface area contributed by atoms with Crippen molar-refractivity contribution >= 4 is 29.7 Å². The third-order valence-corrected chi connectivity index (χ3v) is 15.0. The number of imidazole rings is 1. The normalized spacial score (nSPS) is 13.3. The van der Waals surface area contributed by atoms with E-state index in [1.54, 1.807) is 0 Å². The standard InChI is InChI=1S/C68H77BN4O/c1-43(2)53-28-23-29-54(44(3)4)61(53)72-35-33-60-63(69(72)52-37-48(36-50(39-52)66(8,9)10)58-38-47(32-34-70-58)45-24-19-17-20-25-45)71-64(56-41-51(67(11,12)13)42-57(62(56)74)68(14,15)16)73(60)59-31-30-49(65(5,6)7)40-55(59)46-26-21-18-22-27-46/h17-44,74H,1-16H3. The van der Waals surface area contributed by atoms with Gasteiger partial charge in [0.25, 0.3) is 0 Å². The number of anilines is 1. The van der Waals surface area contributed by atoms with Gasteiger partial charge in [-0.25, -0.2) is 4.98 Å². The van der Waals surface area contributed by atoms with Crippen molar-refractivity contribution in [2.75, 3.05) is 4.81 Å². The first-order chi connectivity index (χ1) is 34.8. The lowest BCUT2D eigenvalue weighted by Gasteiger charge is -2.36. The van der Waals surface area contributed by atoms with Crippen molar-refractivity contribution < 1.29 is 5.11 Å². The highest BCUT2D eigenvalue weighted by Crippen LogP contribution is 2.45. The van der Waals surface area contributed by atoms with Crippen molar-refractivity contribution in [1.82, 2.24) is 14.5 Å². The maximum absolute atomic E-state index is 12.9. The van der Waals surface area contributed by atoms with Crippen LogP contribution in [0.1, 0.15) is 162 Å². The van der Waals surface area contributed by atoms with E-state index < -0.39 is 6.85 Å². The number of aromatic hydroxyl groups is 1. The average Bonchev–Trinajstić information content (AvgIpc) is 3.74. The average molecular weight is 977 g/mol. The van der Waals surface area contributed by atoms with Crippen molar-refractivity contribution in [1.29, 1.82) is 0 Å². The second kappa shape index (κ2) is 19.4. The van der Waals surface area contributed by atoms with E-state index in [0.29, 0.717) is 11.4 Å². The molecule has 3 heterocycles. The molecule has 6 aromatic carbocycles. The number of hydrogen-bond donors (Lipinski definition) is 1. The van der Waals surface area contributed by atoms with Gasteiger partial charge in [-0.1, -0.05) is 214 Å². The van der Waals surface area contributed by atoms with Crippen LogP contribution in [0.15, 0.2) is 152 Å². The van der Waals surface area contributed by atoms with Crippen molar-refractivity contribution in [3.05, 3.63) is 191 Å². The summed E-state index contributed by atoms with van der Waals surface area (Å²) in [7, 11) is 0. The number of benzene rings is 6. The highest BCUT2D eigenvalue weighted by Gasteiger charge is 2.41. The van der Waals surface area contributed by atoms with Crippen LogP contribution in [0.2, 0.25) is 0 Å². The van der Waals surface area contributed by atoms with E-state index in [2.05, 4.69) is 272 Å². The van der Waals surface area contributed by atoms with Crippen LogP contribution in [-0.4, -0.2) is 26.5 Å². The fourth-order valence-electron chi connectivity index (χ4n) is 10.6. The van der Waals surface area contributed by atoms with Gasteiger partial charge in [-0.15, -0.1) is 0 Å². The fourth-order valence-corrected chi connectivity index (χ4v) is 10.6. The van der Waals surface area contributed by atoms with Crippen LogP contribution >= 0.6 is 0 Å². The van der Waals surface area contributed by atoms with Crippen molar-refractivity contribution in [2.45, 2.75) is 144 Å². The zero-order valence-electron chi connectivity index (χ0n) is 47.0. The highest BCUT2D eigenvalue weighted by molar-refractivity contribution is 6.89. The second-order valence-electron chi connectivity index (χ2n) is 25.4. The first kappa shape index (κ1) is 52.0. The number of rotatable bonds is 9. The van der Waals surface area contributed by atoms with Gasteiger partial charge in [0.1, 0.15) is 11.6 Å². The molecule has 0 aliphatic carbocycles. The number of phenolic OH excluding ortho intramolecular Hbond substituents is 1. The van der Waals surface area contributed by atoms with Crippen LogP contribution in [0, 0.1) is 0 Å². The van der Waals surface area contributed by atoms with Crippen LogP contribution in [0.3, 0.4) is 0 Å². The van der Waals surface area contributed by atoms with E-state index in [0.717, 1.165) is 67.1 Å². The van der Waals surface area contributed by atoms with Crippen LogP contribution in [-0.2, 0) is 21.7 Å². The molecule has 1 aliphatic heterocycles. The molecule has 2 aromatic heterocycles. The lowest BCUT2D eigenvalue weighted by Crippen LogP contribution is -2.58. The number of phenols is 1. The van der Waals surface area contributed by atoms with Gasteiger partial charge in [0.2, 0.25) is 0 Å². The Kier molecular flexibility index (Phi) is 13.6. The monoisotopic (exact) mass is 977 g/mol. The zero-order valence-corrected chi connectivity index (χ0v) is 47.0. The Morgan fingerprint density at radius 2 is 1.09 bits per heavy atom. The topological polar surface area (TPSA) is 54.2 Å². The summed E-state index contributed by atoms with van der Waals surface area (Å²) >= 11 is 0. The molecule has 0 saturated carbocycles. The van der Waals surface area contributed by atoms with Crippen LogP contribution in [0.5, 0.6) is 5.75 Å². The molecular weight excluding hydrogens is 900 g/mol. The number of hydrogen-bond acceptors (Lipinski definition) is 4. The Labute approximate surface area is 443 Å². The molecule has 9 rings (SSSR count). The van der Waals surface area contributed by atoms with Gasteiger partial charge in [-0.2, -0.15) is 0 Å². The molecule has 0 bridgehead atoms. The molecule has 8 aromatic rings. The van der Waals surface area contributed by atoms with E-state index >= 15 is 0 Å². The summed E-state index contributed by atoms with van der Waals surface area (Å²) in [6, 6.07) is 50.9. The summed E-state index contributed by atoms with van der Waals surface area (Å²) in [4.78, 5) is 13.6. The largest absolute Gasteiger partial charge is 0.507 e. The maximum atomic E-state index is 12.9. The summed E-state index contributed by atoms with van der Waals surface area (Å²) in [5.74, 6) is 1.45. The Balaban J connectivity index is 1.44. The van der Waals surface area contributed by atoms with E-state index in [1.807, 2.05) is 6.20 Å². The van der Waals surface area contributed by atoms with E-state index in [9.17, 15) is 5.11 Å². The number of fused-ring (bicyclic) bond motifs is 1. The highest BCUT2D eigenvalue weighted by atomic mass is 16.3. The Hall–Kier alpha value is -6.92. The minimum atomic E-state index is -0.394. The van der Waals surface area contributed by atoms with Gasteiger partial charge in [-0.3, -0.25) is 9.55 Å². The Morgan fingerprint density at radius 1 is 0.514 bits per heavy atom. The van der Waals surface area contributed by atoms with E-state index in [1.165, 1.54) is 27.9 Å². The number of nitrogens with zero attached hydrogens (tertiary/aromatic N) is 4. The molecule has 0 atom stereocenters. The van der Waals surface area contributed by atoms with Gasteiger partial charge in [0.15, 0.2) is 0 Å². The van der Waals surface area contributed by atoms with Crippen molar-refractivity contribution in [3.8, 4) is 56.3 Å². The number of aromatic nitrogens is 3. The van der Waals surface area contributed by atoms with E-state index in [4.69, 9.17) is 9.97 Å². The van der Waals surface area contributed by atoms with Gasteiger partial charge in [-0.05, 0) is 138 Å². The molecule has 6 heteroatoms. The molecule has 0 radical (unpaired) electrons. The second-order valence-corrected chi connectivity index (χ2v) is 25.4. The van der Waals surface area contributed by atoms with Crippen LogP contribution in [0.4, 0.5) is 5.69 Å². The fraction of sp³-hybridized carbons (Fsp3) is 0.324. The van der Waals surface area contributed by atoms with Crippen LogP contribution in [0.25, 0.3) is 56.7 Å². The van der Waals surface area contributed by atoms with Crippen molar-refractivity contribution in [2.24, 2.45) is 0 Å².